The van der Waals surface area contributed by atoms with Crippen LogP contribution in [0.2, 0.25) is 0 Å². The molecule has 56 heavy (non-hydrogen) atoms. The van der Waals surface area contributed by atoms with Crippen LogP contribution in [0.5, 0.6) is 0 Å². The number of para-hydroxylation sites is 1. The molecule has 0 radical (unpaired) electrons. The van der Waals surface area contributed by atoms with E-state index in [9.17, 15) is 0 Å². The topological polar surface area (TPSA) is 3.24 Å². The molecular formula is C54H41NS. The Balaban J connectivity index is 1.13. The lowest BCUT2D eigenvalue weighted by Gasteiger charge is -2.31. The van der Waals surface area contributed by atoms with Crippen molar-refractivity contribution in [2.24, 2.45) is 0 Å². The average molecular weight is 736 g/mol. The van der Waals surface area contributed by atoms with E-state index in [0.29, 0.717) is 0 Å². The molecule has 1 nitrogen and oxygen atoms in total. The van der Waals surface area contributed by atoms with Gasteiger partial charge in [0.15, 0.2) is 0 Å². The quantitative estimate of drug-likeness (QED) is 0.170. The van der Waals surface area contributed by atoms with E-state index in [2.05, 4.69) is 209 Å². The number of hydrogen-bond donors (Lipinski definition) is 0. The second-order valence-corrected chi connectivity index (χ2v) is 17.6. The van der Waals surface area contributed by atoms with Crippen LogP contribution in [-0.2, 0) is 10.8 Å². The molecule has 0 N–H and O–H groups in total. The summed E-state index contributed by atoms with van der Waals surface area (Å²) >= 11 is 1.87. The molecule has 0 aliphatic heterocycles. The van der Waals surface area contributed by atoms with Crippen LogP contribution in [0.3, 0.4) is 0 Å². The Morgan fingerprint density at radius 2 is 0.964 bits per heavy atom. The van der Waals surface area contributed by atoms with Gasteiger partial charge < -0.3 is 4.90 Å². The van der Waals surface area contributed by atoms with Crippen molar-refractivity contribution >= 4 is 48.6 Å². The van der Waals surface area contributed by atoms with Gasteiger partial charge in [-0.2, -0.15) is 0 Å². The zero-order chi connectivity index (χ0) is 37.8. The maximum atomic E-state index is 2.53. The van der Waals surface area contributed by atoms with E-state index in [1.807, 2.05) is 11.3 Å². The number of rotatable bonds is 5. The standard InChI is InChI=1S/C54H41NS/c1-53(2)45-22-10-6-20-43(45)52-46(53)23-14-25-49(52)55(37-16-13-15-34(31-37)35-27-30-42-41-19-8-12-26-50(41)56-51(42)33-35)48-24-11-7-17-38(48)36-28-29-40-39-18-5-9-21-44(39)54(3,4)47(40)32-36/h5-33H,1-4H3. The fraction of sp³-hybridized carbons (Fsp3) is 0.111. The van der Waals surface area contributed by atoms with E-state index in [1.165, 1.54) is 92.6 Å². The average Bonchev–Trinajstić information content (AvgIpc) is 3.81. The minimum atomic E-state index is -0.116. The van der Waals surface area contributed by atoms with E-state index < -0.39 is 0 Å². The summed E-state index contributed by atoms with van der Waals surface area (Å²) in [5, 5.41) is 2.65. The highest BCUT2D eigenvalue weighted by atomic mass is 32.1. The number of hydrogen-bond acceptors (Lipinski definition) is 2. The predicted molar refractivity (Wildman–Crippen MR) is 240 cm³/mol. The van der Waals surface area contributed by atoms with E-state index in [0.717, 1.165) is 11.4 Å². The Bertz CT molecular complexity index is 3050. The van der Waals surface area contributed by atoms with Crippen molar-refractivity contribution < 1.29 is 0 Å². The molecule has 268 valence electrons. The lowest BCUT2D eigenvalue weighted by Crippen LogP contribution is -2.16. The van der Waals surface area contributed by atoms with Crippen molar-refractivity contribution in [1.29, 1.82) is 0 Å². The molecule has 2 aliphatic carbocycles. The second-order valence-electron chi connectivity index (χ2n) is 16.5. The molecule has 11 rings (SSSR count). The molecule has 0 amide bonds. The zero-order valence-corrected chi connectivity index (χ0v) is 32.9. The molecule has 0 bridgehead atoms. The van der Waals surface area contributed by atoms with E-state index in [1.54, 1.807) is 0 Å². The first-order valence-corrected chi connectivity index (χ1v) is 20.5. The summed E-state index contributed by atoms with van der Waals surface area (Å²) in [6.07, 6.45) is 0. The Labute approximate surface area is 333 Å². The monoisotopic (exact) mass is 735 g/mol. The number of fused-ring (bicyclic) bond motifs is 9. The van der Waals surface area contributed by atoms with Crippen LogP contribution >= 0.6 is 11.3 Å². The summed E-state index contributed by atoms with van der Waals surface area (Å²) in [5.41, 5.74) is 19.0. The third kappa shape index (κ3) is 4.79. The van der Waals surface area contributed by atoms with Crippen molar-refractivity contribution in [3.63, 3.8) is 0 Å². The molecule has 0 atom stereocenters. The second kappa shape index (κ2) is 12.1. The van der Waals surface area contributed by atoms with Gasteiger partial charge in [-0.15, -0.1) is 11.3 Å². The Morgan fingerprint density at radius 3 is 1.82 bits per heavy atom. The Kier molecular flexibility index (Phi) is 7.18. The van der Waals surface area contributed by atoms with Gasteiger partial charge >= 0.3 is 0 Å². The summed E-state index contributed by atoms with van der Waals surface area (Å²) in [5.74, 6) is 0. The first kappa shape index (κ1) is 33.1. The molecule has 0 saturated heterocycles. The van der Waals surface area contributed by atoms with Crippen LogP contribution in [-0.4, -0.2) is 0 Å². The van der Waals surface area contributed by atoms with Gasteiger partial charge in [0.25, 0.3) is 0 Å². The number of anilines is 3. The molecule has 0 fully saturated rings. The third-order valence-electron chi connectivity index (χ3n) is 12.7. The van der Waals surface area contributed by atoms with Crippen LogP contribution in [0.1, 0.15) is 49.9 Å². The smallest absolute Gasteiger partial charge is 0.0543 e. The number of thiophene rings is 1. The van der Waals surface area contributed by atoms with Crippen molar-refractivity contribution in [2.45, 2.75) is 38.5 Å². The fourth-order valence-corrected chi connectivity index (χ4v) is 11.0. The minimum absolute atomic E-state index is 0.0873. The molecule has 9 aromatic rings. The molecule has 0 spiro atoms. The van der Waals surface area contributed by atoms with Gasteiger partial charge in [-0.1, -0.05) is 161 Å². The molecule has 0 unspecified atom stereocenters. The van der Waals surface area contributed by atoms with Crippen LogP contribution in [0.4, 0.5) is 17.1 Å². The lowest BCUT2D eigenvalue weighted by molar-refractivity contribution is 0.660. The van der Waals surface area contributed by atoms with E-state index in [4.69, 9.17) is 0 Å². The van der Waals surface area contributed by atoms with Gasteiger partial charge in [0, 0.05) is 47.8 Å². The summed E-state index contributed by atoms with van der Waals surface area (Å²) in [6, 6.07) is 65.8. The highest BCUT2D eigenvalue weighted by Crippen LogP contribution is 2.56. The molecule has 1 aromatic heterocycles. The molecular weight excluding hydrogens is 695 g/mol. The van der Waals surface area contributed by atoms with Crippen LogP contribution in [0, 0.1) is 0 Å². The largest absolute Gasteiger partial charge is 0.309 e. The maximum Gasteiger partial charge on any atom is 0.0543 e. The molecule has 1 heterocycles. The van der Waals surface area contributed by atoms with Crippen molar-refractivity contribution in [1.82, 2.24) is 0 Å². The number of benzene rings is 8. The Hall–Kier alpha value is -6.22. The van der Waals surface area contributed by atoms with E-state index >= 15 is 0 Å². The minimum Gasteiger partial charge on any atom is -0.309 e. The Morgan fingerprint density at radius 1 is 0.375 bits per heavy atom. The van der Waals surface area contributed by atoms with Gasteiger partial charge in [-0.05, 0) is 98.1 Å². The van der Waals surface area contributed by atoms with Gasteiger partial charge in [-0.3, -0.25) is 0 Å². The summed E-state index contributed by atoms with van der Waals surface area (Å²) in [6.45, 7) is 9.48. The van der Waals surface area contributed by atoms with Crippen LogP contribution in [0.25, 0.3) is 64.7 Å². The highest BCUT2D eigenvalue weighted by molar-refractivity contribution is 7.25. The summed E-state index contributed by atoms with van der Waals surface area (Å²) < 4.78 is 2.65. The summed E-state index contributed by atoms with van der Waals surface area (Å²) in [4.78, 5) is 2.53. The maximum absolute atomic E-state index is 2.53. The van der Waals surface area contributed by atoms with Crippen LogP contribution in [0.15, 0.2) is 176 Å². The van der Waals surface area contributed by atoms with Crippen molar-refractivity contribution in [3.05, 3.63) is 198 Å². The first-order valence-electron chi connectivity index (χ1n) is 19.7. The normalized spacial score (nSPS) is 14.4. The van der Waals surface area contributed by atoms with E-state index in [-0.39, 0.29) is 10.8 Å². The van der Waals surface area contributed by atoms with Gasteiger partial charge in [0.1, 0.15) is 0 Å². The molecule has 2 aliphatic rings. The zero-order valence-electron chi connectivity index (χ0n) is 32.1. The molecule has 2 heteroatoms. The lowest BCUT2D eigenvalue weighted by atomic mass is 9.81. The molecule has 0 saturated carbocycles. The van der Waals surface area contributed by atoms with Gasteiger partial charge in [0.05, 0.1) is 11.4 Å². The fourth-order valence-electron chi connectivity index (χ4n) is 9.84. The van der Waals surface area contributed by atoms with Crippen molar-refractivity contribution in [3.8, 4) is 44.5 Å². The van der Waals surface area contributed by atoms with Crippen LogP contribution < -0.4 is 4.90 Å². The summed E-state index contributed by atoms with van der Waals surface area (Å²) in [7, 11) is 0. The third-order valence-corrected chi connectivity index (χ3v) is 13.8. The highest BCUT2D eigenvalue weighted by Gasteiger charge is 2.38. The van der Waals surface area contributed by atoms with Gasteiger partial charge in [0.2, 0.25) is 0 Å². The number of nitrogens with zero attached hydrogens (tertiary/aromatic N) is 1. The SMILES string of the molecule is CC1(C)c2ccccc2-c2ccc(-c3ccccc3N(c3cccc(-c4ccc5c(c4)sc4ccccc45)c3)c3cccc4c3-c3ccccc3C4(C)C)cc21. The molecule has 8 aromatic carbocycles. The van der Waals surface area contributed by atoms with Gasteiger partial charge in [-0.25, -0.2) is 0 Å². The first-order chi connectivity index (χ1) is 27.3. The predicted octanol–water partition coefficient (Wildman–Crippen LogP) is 15.5. The van der Waals surface area contributed by atoms with Crippen molar-refractivity contribution in [2.75, 3.05) is 4.90 Å².